The van der Waals surface area contributed by atoms with Gasteiger partial charge in [-0.05, 0) is 18.2 Å². The second kappa shape index (κ2) is 5.89. The lowest BCUT2D eigenvalue weighted by Gasteiger charge is -2.21. The zero-order valence-electron chi connectivity index (χ0n) is 12.0. The van der Waals surface area contributed by atoms with Gasteiger partial charge in [-0.25, -0.2) is 9.97 Å². The maximum atomic E-state index is 11.8. The van der Waals surface area contributed by atoms with Gasteiger partial charge >= 0.3 is 15.2 Å². The van der Waals surface area contributed by atoms with Crippen LogP contribution in [-0.2, 0) is 9.13 Å². The van der Waals surface area contributed by atoms with E-state index in [1.165, 1.54) is 23.0 Å². The summed E-state index contributed by atoms with van der Waals surface area (Å²) in [6.07, 6.45) is 2.84. The summed E-state index contributed by atoms with van der Waals surface area (Å²) < 4.78 is 24.8. The number of fused-ring (bicyclic) bond motifs is 1. The maximum absolute atomic E-state index is 11.8. The number of nitrogens with zero attached hydrogens (tertiary/aromatic N) is 3. The summed E-state index contributed by atoms with van der Waals surface area (Å²) in [7, 11) is -10.3. The van der Waals surface area contributed by atoms with Gasteiger partial charge in [0.15, 0.2) is 0 Å². The molecule has 2 heterocycles. The predicted octanol–water partition coefficient (Wildman–Crippen LogP) is 1.77. The summed E-state index contributed by atoms with van der Waals surface area (Å²) in [6.45, 7) is 0. The van der Waals surface area contributed by atoms with E-state index in [1.807, 2.05) is 0 Å². The fourth-order valence-electron chi connectivity index (χ4n) is 2.54. The molecule has 0 bridgehead atoms. The smallest absolute Gasteiger partial charge is 0.324 e. The van der Waals surface area contributed by atoms with Crippen LogP contribution >= 0.6 is 15.2 Å². The molecule has 0 aliphatic heterocycles. The van der Waals surface area contributed by atoms with Crippen molar-refractivity contribution in [2.45, 2.75) is 5.40 Å². The minimum atomic E-state index is -5.16. The van der Waals surface area contributed by atoms with Crippen molar-refractivity contribution in [2.75, 3.05) is 0 Å². The molecule has 0 aliphatic rings. The molecule has 1 aromatic carbocycles. The van der Waals surface area contributed by atoms with Crippen LogP contribution in [0.2, 0.25) is 0 Å². The van der Waals surface area contributed by atoms with E-state index in [1.54, 1.807) is 30.3 Å². The van der Waals surface area contributed by atoms with E-state index >= 15 is 0 Å². The Balaban J connectivity index is 2.40. The van der Waals surface area contributed by atoms with Gasteiger partial charge in [0.2, 0.25) is 11.3 Å². The molecule has 4 N–H and O–H groups in total. The fraction of sp³-hybridized carbons (Fsp3) is 0.0769. The summed E-state index contributed by atoms with van der Waals surface area (Å²) in [5, 5.41) is -1.76. The predicted molar refractivity (Wildman–Crippen MR) is 85.7 cm³/mol. The summed E-state index contributed by atoms with van der Waals surface area (Å²) in [4.78, 5) is 46.2. The highest BCUT2D eigenvalue weighted by molar-refractivity contribution is 7.70. The molecule has 0 unspecified atom stereocenters. The lowest BCUT2D eigenvalue weighted by atomic mass is 10.2. The van der Waals surface area contributed by atoms with E-state index in [0.29, 0.717) is 10.9 Å². The Kier molecular flexibility index (Phi) is 4.17. The standard InChI is InChI=1S/C13H13N3O6P2/c17-23(18,19)12(24(20,21)22)11-8-9-4-1-2-5-10(9)16(11)13-14-6-3-7-15-13/h1-8,12H,(H2,17,18,19)(H2,20,21,22). The highest BCUT2D eigenvalue weighted by Gasteiger charge is 2.47. The van der Waals surface area contributed by atoms with E-state index < -0.39 is 20.6 Å². The van der Waals surface area contributed by atoms with Crippen LogP contribution in [0.5, 0.6) is 0 Å². The van der Waals surface area contributed by atoms with Gasteiger partial charge in [-0.1, -0.05) is 18.2 Å². The van der Waals surface area contributed by atoms with Crippen LogP contribution in [0.3, 0.4) is 0 Å². The monoisotopic (exact) mass is 369 g/mol. The van der Waals surface area contributed by atoms with Gasteiger partial charge in [0.1, 0.15) is 0 Å². The summed E-state index contributed by atoms with van der Waals surface area (Å²) >= 11 is 0. The third-order valence-corrected chi connectivity index (χ3v) is 7.00. The second-order valence-electron chi connectivity index (χ2n) is 5.06. The third-order valence-electron chi connectivity index (χ3n) is 3.39. The van der Waals surface area contributed by atoms with Crippen LogP contribution in [0.1, 0.15) is 11.1 Å². The van der Waals surface area contributed by atoms with Crippen LogP contribution in [0, 0.1) is 0 Å². The highest BCUT2D eigenvalue weighted by atomic mass is 31.2. The molecule has 0 aliphatic carbocycles. The first-order chi connectivity index (χ1) is 11.2. The number of hydrogen-bond acceptors (Lipinski definition) is 4. The van der Waals surface area contributed by atoms with Crippen LogP contribution in [0.15, 0.2) is 48.8 Å². The Hall–Kier alpha value is -1.86. The number of benzene rings is 1. The van der Waals surface area contributed by atoms with Crippen molar-refractivity contribution >= 4 is 26.1 Å². The molecule has 0 spiro atoms. The van der Waals surface area contributed by atoms with Crippen LogP contribution in [-0.4, -0.2) is 34.1 Å². The first kappa shape index (κ1) is 17.0. The molecule has 0 radical (unpaired) electrons. The van der Waals surface area contributed by atoms with Crippen molar-refractivity contribution in [3.05, 3.63) is 54.5 Å². The van der Waals surface area contributed by atoms with Crippen molar-refractivity contribution in [1.29, 1.82) is 0 Å². The normalized spacial score (nSPS) is 12.9. The number of rotatable bonds is 4. The van der Waals surface area contributed by atoms with Gasteiger partial charge in [0.05, 0.1) is 11.2 Å². The summed E-state index contributed by atoms with van der Waals surface area (Å²) in [5.41, 5.74) is 0.231. The van der Waals surface area contributed by atoms with E-state index in [-0.39, 0.29) is 11.6 Å². The first-order valence-electron chi connectivity index (χ1n) is 6.68. The molecule has 0 saturated carbocycles. The zero-order chi connectivity index (χ0) is 17.5. The molecular weight excluding hydrogens is 356 g/mol. The van der Waals surface area contributed by atoms with E-state index in [0.717, 1.165) is 0 Å². The minimum absolute atomic E-state index is 0.0561. The molecular formula is C13H13N3O6P2. The quantitative estimate of drug-likeness (QED) is 0.509. The molecule has 0 atom stereocenters. The van der Waals surface area contributed by atoms with Gasteiger partial charge in [-0.3, -0.25) is 13.7 Å². The molecule has 2 aromatic heterocycles. The highest BCUT2D eigenvalue weighted by Crippen LogP contribution is 2.70. The molecule has 0 fully saturated rings. The molecule has 0 saturated heterocycles. The van der Waals surface area contributed by atoms with Crippen LogP contribution in [0.4, 0.5) is 0 Å². The summed E-state index contributed by atoms with van der Waals surface area (Å²) in [6, 6.07) is 9.58. The Labute approximate surface area is 135 Å². The Morgan fingerprint density at radius 3 is 2.08 bits per heavy atom. The molecule has 3 rings (SSSR count). The minimum Gasteiger partial charge on any atom is -0.324 e. The Morgan fingerprint density at radius 2 is 1.50 bits per heavy atom. The number of hydrogen-bond donors (Lipinski definition) is 4. The molecule has 9 nitrogen and oxygen atoms in total. The van der Waals surface area contributed by atoms with Crippen molar-refractivity contribution in [3.63, 3.8) is 0 Å². The van der Waals surface area contributed by atoms with E-state index in [4.69, 9.17) is 0 Å². The molecule has 0 amide bonds. The maximum Gasteiger partial charge on any atom is 0.346 e. The van der Waals surface area contributed by atoms with Crippen LogP contribution in [0.25, 0.3) is 16.9 Å². The van der Waals surface area contributed by atoms with Gasteiger partial charge < -0.3 is 19.6 Å². The molecule has 3 aromatic rings. The largest absolute Gasteiger partial charge is 0.346 e. The molecule has 11 heteroatoms. The topological polar surface area (TPSA) is 146 Å². The molecule has 126 valence electrons. The van der Waals surface area contributed by atoms with Gasteiger partial charge in [-0.2, -0.15) is 0 Å². The number of para-hydroxylation sites is 1. The average molecular weight is 369 g/mol. The summed E-state index contributed by atoms with van der Waals surface area (Å²) in [5.74, 6) is 0.0561. The van der Waals surface area contributed by atoms with Crippen molar-refractivity contribution in [2.24, 2.45) is 0 Å². The van der Waals surface area contributed by atoms with E-state index in [9.17, 15) is 28.7 Å². The first-order valence-corrected chi connectivity index (χ1v) is 10.0. The van der Waals surface area contributed by atoms with E-state index in [2.05, 4.69) is 9.97 Å². The van der Waals surface area contributed by atoms with Gasteiger partial charge in [0.25, 0.3) is 0 Å². The van der Waals surface area contributed by atoms with Gasteiger partial charge in [0, 0.05) is 17.8 Å². The average Bonchev–Trinajstić information content (AvgIpc) is 2.83. The zero-order valence-corrected chi connectivity index (χ0v) is 13.8. The lowest BCUT2D eigenvalue weighted by molar-refractivity contribution is 0.338. The Morgan fingerprint density at radius 1 is 0.917 bits per heavy atom. The SMILES string of the molecule is O=P(O)(O)C(c1cc2ccccc2n1-c1ncccn1)P(=O)(O)O. The van der Waals surface area contributed by atoms with Gasteiger partial charge in [-0.15, -0.1) is 0 Å². The number of aromatic nitrogens is 3. The molecule has 24 heavy (non-hydrogen) atoms. The van der Waals surface area contributed by atoms with Crippen molar-refractivity contribution in [3.8, 4) is 5.95 Å². The van der Waals surface area contributed by atoms with Crippen molar-refractivity contribution in [1.82, 2.24) is 14.5 Å². The second-order valence-corrected chi connectivity index (χ2v) is 8.86. The lowest BCUT2D eigenvalue weighted by Crippen LogP contribution is -2.10. The van der Waals surface area contributed by atoms with Crippen molar-refractivity contribution < 1.29 is 28.7 Å². The fourth-order valence-corrected chi connectivity index (χ4v) is 5.17. The van der Waals surface area contributed by atoms with Crippen LogP contribution < -0.4 is 0 Å². The third kappa shape index (κ3) is 3.06. The Bertz CT molecular complexity index is 956.